The summed E-state index contributed by atoms with van der Waals surface area (Å²) in [5.41, 5.74) is 0.128. The molecule has 0 bridgehead atoms. The summed E-state index contributed by atoms with van der Waals surface area (Å²) in [7, 11) is 0. The summed E-state index contributed by atoms with van der Waals surface area (Å²) in [6, 6.07) is 4.86. The highest BCUT2D eigenvalue weighted by Gasteiger charge is 2.39. The number of carbonyl (C=O) groups is 2. The van der Waals surface area contributed by atoms with E-state index in [2.05, 4.69) is 0 Å². The first kappa shape index (κ1) is 13.9. The molecule has 19 heavy (non-hydrogen) atoms. The summed E-state index contributed by atoms with van der Waals surface area (Å²) in [5, 5.41) is 0.649. The van der Waals surface area contributed by atoms with Crippen LogP contribution in [-0.4, -0.2) is 17.7 Å². The molecule has 1 aromatic rings. The Kier molecular flexibility index (Phi) is 3.56. The first-order chi connectivity index (χ1) is 8.80. The van der Waals surface area contributed by atoms with Gasteiger partial charge in [0.05, 0.1) is 0 Å². The van der Waals surface area contributed by atoms with Gasteiger partial charge in [-0.2, -0.15) is 0 Å². The van der Waals surface area contributed by atoms with Gasteiger partial charge in [-0.25, -0.2) is 9.59 Å². The van der Waals surface area contributed by atoms with E-state index in [4.69, 9.17) is 32.7 Å². The molecule has 1 aliphatic heterocycles. The van der Waals surface area contributed by atoms with Crippen LogP contribution in [-0.2, 0) is 19.1 Å². The molecule has 0 amide bonds. The van der Waals surface area contributed by atoms with E-state index in [0.717, 1.165) is 0 Å². The number of carbonyl (C=O) groups excluding carboxylic acids is 2. The second-order valence-electron chi connectivity index (χ2n) is 4.37. The van der Waals surface area contributed by atoms with Gasteiger partial charge in [0, 0.05) is 29.5 Å². The first-order valence-electron chi connectivity index (χ1n) is 5.42. The fourth-order valence-corrected chi connectivity index (χ4v) is 2.08. The molecule has 1 aliphatic rings. The molecule has 100 valence electrons. The quantitative estimate of drug-likeness (QED) is 0.454. The molecule has 0 atom stereocenters. The smallest absolute Gasteiger partial charge is 0.348 e. The molecule has 1 saturated heterocycles. The highest BCUT2D eigenvalue weighted by atomic mass is 35.5. The highest BCUT2D eigenvalue weighted by Crippen LogP contribution is 2.29. The lowest BCUT2D eigenvalue weighted by Gasteiger charge is -2.29. The van der Waals surface area contributed by atoms with E-state index in [0.29, 0.717) is 15.6 Å². The maximum Gasteiger partial charge on any atom is 0.348 e. The van der Waals surface area contributed by atoms with E-state index >= 15 is 0 Å². The topological polar surface area (TPSA) is 52.6 Å². The van der Waals surface area contributed by atoms with Crippen LogP contribution in [0.2, 0.25) is 10.0 Å². The van der Waals surface area contributed by atoms with Crippen molar-refractivity contribution in [1.82, 2.24) is 0 Å². The van der Waals surface area contributed by atoms with E-state index in [-0.39, 0.29) is 5.57 Å². The van der Waals surface area contributed by atoms with Crippen molar-refractivity contribution < 1.29 is 19.1 Å². The van der Waals surface area contributed by atoms with Gasteiger partial charge in [-0.1, -0.05) is 29.3 Å². The molecule has 1 aromatic carbocycles. The largest absolute Gasteiger partial charge is 0.419 e. The second-order valence-corrected chi connectivity index (χ2v) is 5.19. The van der Waals surface area contributed by atoms with Crippen LogP contribution in [0.5, 0.6) is 0 Å². The molecule has 0 N–H and O–H groups in total. The third kappa shape index (κ3) is 2.91. The fourth-order valence-electron chi connectivity index (χ4n) is 1.57. The lowest BCUT2D eigenvalue weighted by molar-refractivity contribution is -0.222. The van der Waals surface area contributed by atoms with Gasteiger partial charge >= 0.3 is 11.9 Å². The number of halogens is 2. The molecular weight excluding hydrogens is 291 g/mol. The standard InChI is InChI=1S/C13H10Cl2O4/c1-13(2)18-11(16)8(12(17)19-13)6-7-9(14)4-3-5-10(7)15/h3-6H,1-2H3. The van der Waals surface area contributed by atoms with Crippen LogP contribution in [0.1, 0.15) is 19.4 Å². The third-order valence-corrected chi connectivity index (χ3v) is 3.06. The molecule has 0 aliphatic carbocycles. The Labute approximate surface area is 119 Å². The van der Waals surface area contributed by atoms with Gasteiger partial charge in [-0.3, -0.25) is 0 Å². The number of benzene rings is 1. The van der Waals surface area contributed by atoms with Crippen LogP contribution in [0.25, 0.3) is 6.08 Å². The summed E-state index contributed by atoms with van der Waals surface area (Å²) < 4.78 is 9.94. The molecule has 4 nitrogen and oxygen atoms in total. The van der Waals surface area contributed by atoms with E-state index in [1.165, 1.54) is 19.9 Å². The molecule has 1 heterocycles. The Morgan fingerprint density at radius 3 is 2.00 bits per heavy atom. The third-order valence-electron chi connectivity index (χ3n) is 2.41. The van der Waals surface area contributed by atoms with Crippen molar-refractivity contribution in [3.63, 3.8) is 0 Å². The Bertz CT molecular complexity index is 548. The molecule has 0 unspecified atom stereocenters. The van der Waals surface area contributed by atoms with Crippen LogP contribution < -0.4 is 0 Å². The predicted octanol–water partition coefficient (Wildman–Crippen LogP) is 3.21. The van der Waals surface area contributed by atoms with Crippen molar-refractivity contribution in [3.05, 3.63) is 39.4 Å². The number of rotatable bonds is 1. The second kappa shape index (κ2) is 4.87. The zero-order valence-corrected chi connectivity index (χ0v) is 11.7. The van der Waals surface area contributed by atoms with Crippen LogP contribution in [0.4, 0.5) is 0 Å². The van der Waals surface area contributed by atoms with Gasteiger partial charge in [0.25, 0.3) is 5.79 Å². The van der Waals surface area contributed by atoms with Crippen molar-refractivity contribution in [3.8, 4) is 0 Å². The van der Waals surface area contributed by atoms with Gasteiger partial charge in [-0.05, 0) is 18.2 Å². The van der Waals surface area contributed by atoms with E-state index in [1.807, 2.05) is 0 Å². The molecular formula is C13H10Cl2O4. The summed E-state index contributed by atoms with van der Waals surface area (Å²) in [6.45, 7) is 2.95. The lowest BCUT2D eigenvalue weighted by Crippen LogP contribution is -2.41. The Morgan fingerprint density at radius 1 is 1.05 bits per heavy atom. The predicted molar refractivity (Wildman–Crippen MR) is 70.7 cm³/mol. The molecule has 0 spiro atoms. The molecule has 6 heteroatoms. The van der Waals surface area contributed by atoms with Gasteiger partial charge in [0.2, 0.25) is 0 Å². The minimum atomic E-state index is -1.27. The average Bonchev–Trinajstić information content (AvgIpc) is 2.25. The fraction of sp³-hybridized carbons (Fsp3) is 0.231. The van der Waals surface area contributed by atoms with Gasteiger partial charge in [0.15, 0.2) is 0 Å². The number of hydrogen-bond acceptors (Lipinski definition) is 4. The summed E-state index contributed by atoms with van der Waals surface area (Å²) in [6.07, 6.45) is 1.27. The van der Waals surface area contributed by atoms with Crippen molar-refractivity contribution in [2.45, 2.75) is 19.6 Å². The monoisotopic (exact) mass is 300 g/mol. The highest BCUT2D eigenvalue weighted by molar-refractivity contribution is 6.37. The van der Waals surface area contributed by atoms with Crippen LogP contribution in [0.3, 0.4) is 0 Å². The maximum atomic E-state index is 11.8. The van der Waals surface area contributed by atoms with Crippen LogP contribution >= 0.6 is 23.2 Å². The van der Waals surface area contributed by atoms with E-state index in [1.54, 1.807) is 18.2 Å². The van der Waals surface area contributed by atoms with Crippen LogP contribution in [0.15, 0.2) is 23.8 Å². The molecule has 2 rings (SSSR count). The minimum Gasteiger partial charge on any atom is -0.419 e. The average molecular weight is 301 g/mol. The number of hydrogen-bond donors (Lipinski definition) is 0. The zero-order valence-electron chi connectivity index (χ0n) is 10.2. The Morgan fingerprint density at radius 2 is 1.53 bits per heavy atom. The van der Waals surface area contributed by atoms with Gasteiger partial charge in [0.1, 0.15) is 5.57 Å². The molecule has 0 saturated carbocycles. The zero-order chi connectivity index (χ0) is 14.2. The van der Waals surface area contributed by atoms with E-state index < -0.39 is 17.7 Å². The van der Waals surface area contributed by atoms with Crippen molar-refractivity contribution in [2.75, 3.05) is 0 Å². The summed E-state index contributed by atoms with van der Waals surface area (Å²) in [5.74, 6) is -2.80. The van der Waals surface area contributed by atoms with E-state index in [9.17, 15) is 9.59 Å². The van der Waals surface area contributed by atoms with Gasteiger partial charge < -0.3 is 9.47 Å². The van der Waals surface area contributed by atoms with Gasteiger partial charge in [-0.15, -0.1) is 0 Å². The minimum absolute atomic E-state index is 0.241. The number of esters is 2. The Balaban J connectivity index is 2.44. The maximum absolute atomic E-state index is 11.8. The molecule has 0 radical (unpaired) electrons. The van der Waals surface area contributed by atoms with Crippen LogP contribution in [0, 0.1) is 0 Å². The van der Waals surface area contributed by atoms with Crippen molar-refractivity contribution >= 4 is 41.2 Å². The Hall–Kier alpha value is -1.52. The lowest BCUT2D eigenvalue weighted by atomic mass is 10.1. The molecule has 1 fully saturated rings. The SMILES string of the molecule is CC1(C)OC(=O)C(=Cc2c(Cl)cccc2Cl)C(=O)O1. The first-order valence-corrected chi connectivity index (χ1v) is 6.18. The van der Waals surface area contributed by atoms with Crippen molar-refractivity contribution in [2.24, 2.45) is 0 Å². The summed E-state index contributed by atoms with van der Waals surface area (Å²) in [4.78, 5) is 23.5. The molecule has 0 aromatic heterocycles. The number of ether oxygens (including phenoxy) is 2. The normalized spacial score (nSPS) is 17.8. The van der Waals surface area contributed by atoms with Crippen molar-refractivity contribution in [1.29, 1.82) is 0 Å². The summed E-state index contributed by atoms with van der Waals surface area (Å²) >= 11 is 11.9. The number of cyclic esters (lactones) is 2.